The third-order valence-corrected chi connectivity index (χ3v) is 4.02. The summed E-state index contributed by atoms with van der Waals surface area (Å²) in [6.45, 7) is 4.05. The quantitative estimate of drug-likeness (QED) is 0.896. The Balaban J connectivity index is 0.00000147. The van der Waals surface area contributed by atoms with Crippen molar-refractivity contribution in [2.24, 2.45) is 0 Å². The van der Waals surface area contributed by atoms with Crippen molar-refractivity contribution < 1.29 is 4.74 Å². The van der Waals surface area contributed by atoms with Crippen LogP contribution in [0.15, 0.2) is 28.9 Å². The highest BCUT2D eigenvalue weighted by atomic mass is 79.9. The Morgan fingerprint density at radius 2 is 2.05 bits per heavy atom. The number of rotatable bonds is 2. The molecule has 1 aromatic carbocycles. The van der Waals surface area contributed by atoms with Crippen molar-refractivity contribution in [1.29, 1.82) is 0 Å². The van der Waals surface area contributed by atoms with Crippen molar-refractivity contribution in [2.75, 3.05) is 38.2 Å². The van der Waals surface area contributed by atoms with Gasteiger partial charge in [0.15, 0.2) is 0 Å². The molecule has 1 aliphatic rings. The fourth-order valence-electron chi connectivity index (χ4n) is 2.53. The van der Waals surface area contributed by atoms with E-state index >= 15 is 0 Å². The van der Waals surface area contributed by atoms with E-state index in [1.54, 1.807) is 7.11 Å². The number of benzene rings is 1. The van der Waals surface area contributed by atoms with Gasteiger partial charge in [-0.15, -0.1) is 12.4 Å². The van der Waals surface area contributed by atoms with Crippen molar-refractivity contribution in [1.82, 2.24) is 10.3 Å². The minimum Gasteiger partial charge on any atom is -0.494 e. The number of methoxy groups -OCH3 is 1. The summed E-state index contributed by atoms with van der Waals surface area (Å²) >= 11 is 3.63. The van der Waals surface area contributed by atoms with Gasteiger partial charge in [-0.3, -0.25) is 4.98 Å². The Labute approximate surface area is 133 Å². The number of nitrogens with zero attached hydrogens (tertiary/aromatic N) is 2. The molecule has 2 heterocycles. The number of nitrogens with one attached hydrogen (secondary N) is 1. The predicted molar refractivity (Wildman–Crippen MR) is 88.3 cm³/mol. The van der Waals surface area contributed by atoms with E-state index in [2.05, 4.69) is 37.2 Å². The molecule has 0 spiro atoms. The molecule has 1 fully saturated rings. The molecule has 1 saturated heterocycles. The molecule has 1 aromatic heterocycles. The van der Waals surface area contributed by atoms with Crippen molar-refractivity contribution >= 4 is 44.9 Å². The molecule has 0 amide bonds. The zero-order valence-electron chi connectivity index (χ0n) is 11.2. The Hall–Kier alpha value is -1.04. The van der Waals surface area contributed by atoms with Crippen LogP contribution in [0, 0.1) is 0 Å². The van der Waals surface area contributed by atoms with Crippen LogP contribution in [0.4, 0.5) is 5.69 Å². The average Bonchev–Trinajstić information content (AvgIpc) is 2.47. The van der Waals surface area contributed by atoms with Gasteiger partial charge in [-0.05, 0) is 22.0 Å². The highest BCUT2D eigenvalue weighted by molar-refractivity contribution is 9.10. The first-order chi connectivity index (χ1) is 9.31. The van der Waals surface area contributed by atoms with E-state index in [0.717, 1.165) is 47.3 Å². The maximum Gasteiger partial charge on any atom is 0.145 e. The summed E-state index contributed by atoms with van der Waals surface area (Å²) in [6, 6.07) is 6.07. The average molecular weight is 359 g/mol. The first-order valence-corrected chi connectivity index (χ1v) is 7.17. The molecule has 3 rings (SSSR count). The topological polar surface area (TPSA) is 37.4 Å². The predicted octanol–water partition coefficient (Wildman–Crippen LogP) is 2.84. The molecule has 1 aliphatic heterocycles. The number of hydrogen-bond donors (Lipinski definition) is 1. The number of fused-ring (bicyclic) bond motifs is 1. The number of pyridine rings is 1. The lowest BCUT2D eigenvalue weighted by atomic mass is 10.1. The molecule has 6 heteroatoms. The van der Waals surface area contributed by atoms with Crippen LogP contribution in [0.3, 0.4) is 0 Å². The molecule has 0 radical (unpaired) electrons. The van der Waals surface area contributed by atoms with Crippen LogP contribution in [0.1, 0.15) is 0 Å². The third kappa shape index (κ3) is 2.71. The molecule has 0 atom stereocenters. The minimum atomic E-state index is 0. The summed E-state index contributed by atoms with van der Waals surface area (Å²) in [7, 11) is 1.68. The van der Waals surface area contributed by atoms with Crippen molar-refractivity contribution in [3.05, 3.63) is 28.9 Å². The van der Waals surface area contributed by atoms with E-state index in [1.165, 1.54) is 5.69 Å². The summed E-state index contributed by atoms with van der Waals surface area (Å²) in [6.07, 6.45) is 1.86. The number of anilines is 1. The van der Waals surface area contributed by atoms with E-state index in [-0.39, 0.29) is 12.4 Å². The van der Waals surface area contributed by atoms with Gasteiger partial charge in [0.05, 0.1) is 17.3 Å². The second-order valence-electron chi connectivity index (χ2n) is 4.55. The summed E-state index contributed by atoms with van der Waals surface area (Å²) in [5.74, 6) is 0.821. The Kier molecular flexibility index (Phi) is 5.07. The van der Waals surface area contributed by atoms with E-state index in [9.17, 15) is 0 Å². The van der Waals surface area contributed by atoms with Crippen LogP contribution in [-0.4, -0.2) is 38.3 Å². The Bertz CT molecular complexity index is 602. The van der Waals surface area contributed by atoms with E-state index in [1.807, 2.05) is 18.3 Å². The van der Waals surface area contributed by atoms with Gasteiger partial charge in [-0.1, -0.05) is 12.1 Å². The molecule has 0 aliphatic carbocycles. The highest BCUT2D eigenvalue weighted by Crippen LogP contribution is 2.36. The van der Waals surface area contributed by atoms with Crippen LogP contribution >= 0.6 is 28.3 Å². The lowest BCUT2D eigenvalue weighted by molar-refractivity contribution is 0.419. The number of piperazine rings is 1. The number of hydrogen-bond acceptors (Lipinski definition) is 4. The number of aromatic nitrogens is 1. The number of para-hydroxylation sites is 1. The molecule has 108 valence electrons. The molecule has 2 aromatic rings. The fourth-order valence-corrected chi connectivity index (χ4v) is 3.10. The molecule has 0 unspecified atom stereocenters. The zero-order chi connectivity index (χ0) is 13.2. The third-order valence-electron chi connectivity index (χ3n) is 3.44. The van der Waals surface area contributed by atoms with Crippen molar-refractivity contribution in [3.63, 3.8) is 0 Å². The standard InChI is InChI=1S/C14H16BrN3O.ClH/c1-19-12-4-2-3-10-13(12)17-9-11(15)14(10)18-7-5-16-6-8-18;/h2-4,9,16H,5-8H2,1H3;1H. The highest BCUT2D eigenvalue weighted by Gasteiger charge is 2.18. The van der Waals surface area contributed by atoms with Gasteiger partial charge in [-0.2, -0.15) is 0 Å². The minimum absolute atomic E-state index is 0. The number of ether oxygens (including phenoxy) is 1. The van der Waals surface area contributed by atoms with Gasteiger partial charge in [0.2, 0.25) is 0 Å². The van der Waals surface area contributed by atoms with Crippen LogP contribution in [0.2, 0.25) is 0 Å². The van der Waals surface area contributed by atoms with Gasteiger partial charge in [0, 0.05) is 37.8 Å². The molecular formula is C14H17BrClN3O. The Morgan fingerprint density at radius 3 is 2.75 bits per heavy atom. The van der Waals surface area contributed by atoms with E-state index < -0.39 is 0 Å². The Morgan fingerprint density at radius 1 is 1.30 bits per heavy atom. The first-order valence-electron chi connectivity index (χ1n) is 6.38. The largest absolute Gasteiger partial charge is 0.494 e. The molecule has 1 N–H and O–H groups in total. The summed E-state index contributed by atoms with van der Waals surface area (Å²) in [4.78, 5) is 6.89. The molecule has 0 saturated carbocycles. The van der Waals surface area contributed by atoms with Gasteiger partial charge in [0.1, 0.15) is 11.3 Å². The lowest BCUT2D eigenvalue weighted by Crippen LogP contribution is -2.43. The van der Waals surface area contributed by atoms with Crippen molar-refractivity contribution in [3.8, 4) is 5.75 Å². The summed E-state index contributed by atoms with van der Waals surface area (Å²) < 4.78 is 6.44. The molecule has 4 nitrogen and oxygen atoms in total. The zero-order valence-corrected chi connectivity index (χ0v) is 13.6. The number of halogens is 2. The monoisotopic (exact) mass is 357 g/mol. The van der Waals surface area contributed by atoms with Crippen molar-refractivity contribution in [2.45, 2.75) is 0 Å². The first kappa shape index (κ1) is 15.4. The second-order valence-corrected chi connectivity index (χ2v) is 5.40. The van der Waals surface area contributed by atoms with Crippen LogP contribution in [0.25, 0.3) is 10.9 Å². The van der Waals surface area contributed by atoms with Gasteiger partial charge >= 0.3 is 0 Å². The van der Waals surface area contributed by atoms with Crippen LogP contribution in [0.5, 0.6) is 5.75 Å². The summed E-state index contributed by atoms with van der Waals surface area (Å²) in [5, 5.41) is 4.51. The molecule has 0 bridgehead atoms. The fraction of sp³-hybridized carbons (Fsp3) is 0.357. The molecular weight excluding hydrogens is 342 g/mol. The smallest absolute Gasteiger partial charge is 0.145 e. The SMILES string of the molecule is COc1cccc2c(N3CCNCC3)c(Br)cnc12.Cl. The van der Waals surface area contributed by atoms with Crippen LogP contribution in [-0.2, 0) is 0 Å². The van der Waals surface area contributed by atoms with E-state index in [0.29, 0.717) is 0 Å². The van der Waals surface area contributed by atoms with Crippen LogP contribution < -0.4 is 15.0 Å². The lowest BCUT2D eigenvalue weighted by Gasteiger charge is -2.31. The second kappa shape index (κ2) is 6.61. The van der Waals surface area contributed by atoms with Gasteiger partial charge in [0.25, 0.3) is 0 Å². The maximum absolute atomic E-state index is 5.40. The van der Waals surface area contributed by atoms with Gasteiger partial charge in [-0.25, -0.2) is 0 Å². The normalized spacial score (nSPS) is 15.0. The van der Waals surface area contributed by atoms with Gasteiger partial charge < -0.3 is 15.0 Å². The molecule has 20 heavy (non-hydrogen) atoms. The summed E-state index contributed by atoms with van der Waals surface area (Å²) in [5.41, 5.74) is 2.13. The maximum atomic E-state index is 5.40. The van der Waals surface area contributed by atoms with E-state index in [4.69, 9.17) is 4.74 Å².